The number of hydrogen-bond acceptors (Lipinski definition) is 3. The Kier molecular flexibility index (Phi) is 8.30. The Balaban J connectivity index is 1.67. The van der Waals surface area contributed by atoms with Crippen LogP contribution in [0.25, 0.3) is 0 Å². The fourth-order valence-corrected chi connectivity index (χ4v) is 4.76. The predicted octanol–water partition coefficient (Wildman–Crippen LogP) is 4.54. The summed E-state index contributed by atoms with van der Waals surface area (Å²) in [4.78, 5) is 28.9. The normalized spacial score (nSPS) is 16.8. The number of likely N-dealkylation sites (tertiary alicyclic amines) is 1. The number of piperidine rings is 1. The molecule has 0 bridgehead atoms. The van der Waals surface area contributed by atoms with Gasteiger partial charge in [-0.2, -0.15) is 0 Å². The molecule has 0 aromatic heterocycles. The first-order valence-electron chi connectivity index (χ1n) is 12.1. The maximum absolute atomic E-state index is 13.0. The number of carbonyl (C=O) groups excluding carboxylic acids is 2. The van der Waals surface area contributed by atoms with Gasteiger partial charge in [0.2, 0.25) is 5.91 Å². The third-order valence-electron chi connectivity index (χ3n) is 7.10. The second-order valence-electron chi connectivity index (χ2n) is 9.96. The second kappa shape index (κ2) is 11.0. The fourth-order valence-electron chi connectivity index (χ4n) is 4.76. The summed E-state index contributed by atoms with van der Waals surface area (Å²) < 4.78 is 0. The molecule has 0 saturated carbocycles. The van der Waals surface area contributed by atoms with E-state index >= 15 is 0 Å². The van der Waals surface area contributed by atoms with Gasteiger partial charge in [0.25, 0.3) is 5.91 Å². The maximum atomic E-state index is 13.0. The van der Waals surface area contributed by atoms with Crippen molar-refractivity contribution >= 4 is 11.8 Å². The van der Waals surface area contributed by atoms with E-state index in [0.29, 0.717) is 6.54 Å². The monoisotopic (exact) mass is 449 g/mol. The number of benzene rings is 2. The minimum absolute atomic E-state index is 0.0480. The zero-order valence-corrected chi connectivity index (χ0v) is 20.9. The average molecular weight is 450 g/mol. The summed E-state index contributed by atoms with van der Waals surface area (Å²) in [6.07, 6.45) is 2.92. The number of hydrogen-bond donors (Lipinski definition) is 1. The summed E-state index contributed by atoms with van der Waals surface area (Å²) in [5.74, 6) is 0.381. The molecule has 1 heterocycles. The van der Waals surface area contributed by atoms with E-state index in [4.69, 9.17) is 0 Å². The van der Waals surface area contributed by atoms with Crippen LogP contribution in [0, 0.1) is 13.8 Å². The molecule has 0 spiro atoms. The lowest BCUT2D eigenvalue weighted by atomic mass is 9.88. The van der Waals surface area contributed by atoms with E-state index in [0.717, 1.165) is 44.5 Å². The van der Waals surface area contributed by atoms with Crippen molar-refractivity contribution in [2.75, 3.05) is 33.2 Å². The number of likely N-dealkylation sites (N-methyl/N-ethyl adjacent to an activating group) is 1. The largest absolute Gasteiger partial charge is 0.351 e. The van der Waals surface area contributed by atoms with Crippen molar-refractivity contribution < 1.29 is 9.59 Å². The van der Waals surface area contributed by atoms with Crippen LogP contribution in [0.15, 0.2) is 48.5 Å². The van der Waals surface area contributed by atoms with Gasteiger partial charge in [0.1, 0.15) is 0 Å². The molecule has 1 unspecified atom stereocenters. The van der Waals surface area contributed by atoms with E-state index in [1.54, 1.807) is 6.92 Å². The molecule has 1 atom stereocenters. The van der Waals surface area contributed by atoms with E-state index in [9.17, 15) is 9.59 Å². The topological polar surface area (TPSA) is 52.7 Å². The predicted molar refractivity (Wildman–Crippen MR) is 135 cm³/mol. The van der Waals surface area contributed by atoms with E-state index in [2.05, 4.69) is 49.2 Å². The van der Waals surface area contributed by atoms with Gasteiger partial charge >= 0.3 is 0 Å². The van der Waals surface area contributed by atoms with Crippen LogP contribution in [0.1, 0.15) is 66.1 Å². The lowest BCUT2D eigenvalue weighted by Gasteiger charge is -2.40. The Bertz CT molecular complexity index is 949. The number of rotatable bonds is 8. The highest BCUT2D eigenvalue weighted by molar-refractivity contribution is 5.94. The minimum atomic E-state index is -0.0991. The molecular weight excluding hydrogens is 410 g/mol. The van der Waals surface area contributed by atoms with Crippen molar-refractivity contribution in [3.05, 3.63) is 70.8 Å². The van der Waals surface area contributed by atoms with Gasteiger partial charge in [-0.3, -0.25) is 9.59 Å². The molecule has 2 aromatic rings. The zero-order valence-electron chi connectivity index (χ0n) is 20.9. The van der Waals surface area contributed by atoms with Crippen molar-refractivity contribution in [1.29, 1.82) is 0 Å². The molecule has 5 nitrogen and oxygen atoms in total. The van der Waals surface area contributed by atoms with Crippen LogP contribution in [0.2, 0.25) is 0 Å². The van der Waals surface area contributed by atoms with Gasteiger partial charge in [0.15, 0.2) is 0 Å². The SMILES string of the molecule is CC(=O)NC1(C)CCN(CCC(CN(C)C(=O)c2ccccc2)c2ccc(C)c(C)c2)CC1. The Morgan fingerprint density at radius 3 is 2.33 bits per heavy atom. The number of aryl methyl sites for hydroxylation is 2. The maximum Gasteiger partial charge on any atom is 0.253 e. The van der Waals surface area contributed by atoms with Crippen molar-refractivity contribution in [1.82, 2.24) is 15.1 Å². The molecule has 2 aromatic carbocycles. The Labute approximate surface area is 199 Å². The highest BCUT2D eigenvalue weighted by Gasteiger charge is 2.31. The third kappa shape index (κ3) is 6.91. The van der Waals surface area contributed by atoms with Crippen LogP contribution in [-0.4, -0.2) is 60.4 Å². The summed E-state index contributed by atoms with van der Waals surface area (Å²) in [6, 6.07) is 16.2. The fraction of sp³-hybridized carbons (Fsp3) is 0.500. The standard InChI is InChI=1S/C28H39N3O2/c1-21-11-12-25(19-22(21)2)26(20-30(5)27(33)24-9-7-6-8-10-24)13-16-31-17-14-28(4,15-18-31)29-23(3)32/h6-12,19,26H,13-18,20H2,1-5H3,(H,29,32). The first-order valence-corrected chi connectivity index (χ1v) is 12.1. The van der Waals surface area contributed by atoms with Crippen molar-refractivity contribution in [2.45, 2.75) is 58.4 Å². The van der Waals surface area contributed by atoms with Crippen LogP contribution >= 0.6 is 0 Å². The summed E-state index contributed by atoms with van der Waals surface area (Å²) in [6.45, 7) is 11.7. The third-order valence-corrected chi connectivity index (χ3v) is 7.10. The summed E-state index contributed by atoms with van der Waals surface area (Å²) in [5.41, 5.74) is 4.51. The second-order valence-corrected chi connectivity index (χ2v) is 9.96. The van der Waals surface area contributed by atoms with Crippen LogP contribution in [-0.2, 0) is 4.79 Å². The molecule has 1 aliphatic heterocycles. The smallest absolute Gasteiger partial charge is 0.253 e. The molecule has 0 aliphatic carbocycles. The molecule has 1 N–H and O–H groups in total. The van der Waals surface area contributed by atoms with Gasteiger partial charge in [0, 0.05) is 50.6 Å². The molecule has 1 saturated heterocycles. The van der Waals surface area contributed by atoms with Gasteiger partial charge in [-0.1, -0.05) is 36.4 Å². The van der Waals surface area contributed by atoms with E-state index in [-0.39, 0.29) is 23.3 Å². The summed E-state index contributed by atoms with van der Waals surface area (Å²) in [7, 11) is 1.91. The van der Waals surface area contributed by atoms with Gasteiger partial charge < -0.3 is 15.1 Å². The Morgan fingerprint density at radius 1 is 1.06 bits per heavy atom. The Morgan fingerprint density at radius 2 is 1.73 bits per heavy atom. The summed E-state index contributed by atoms with van der Waals surface area (Å²) >= 11 is 0. The van der Waals surface area contributed by atoms with Crippen LogP contribution < -0.4 is 5.32 Å². The lowest BCUT2D eigenvalue weighted by molar-refractivity contribution is -0.121. The first kappa shape index (κ1) is 25.0. The van der Waals surface area contributed by atoms with E-state index in [1.807, 2.05) is 42.3 Å². The highest BCUT2D eigenvalue weighted by Crippen LogP contribution is 2.27. The average Bonchev–Trinajstić information content (AvgIpc) is 2.79. The van der Waals surface area contributed by atoms with Crippen LogP contribution in [0.4, 0.5) is 0 Å². The molecular formula is C28H39N3O2. The molecule has 5 heteroatoms. The molecule has 1 aliphatic rings. The number of amides is 2. The molecule has 1 fully saturated rings. The lowest BCUT2D eigenvalue weighted by Crippen LogP contribution is -2.53. The summed E-state index contributed by atoms with van der Waals surface area (Å²) in [5, 5.41) is 3.13. The first-order chi connectivity index (χ1) is 15.7. The molecule has 178 valence electrons. The molecule has 3 rings (SSSR count). The molecule has 2 amide bonds. The van der Waals surface area contributed by atoms with E-state index < -0.39 is 0 Å². The van der Waals surface area contributed by atoms with Crippen molar-refractivity contribution in [2.24, 2.45) is 0 Å². The molecule has 0 radical (unpaired) electrons. The van der Waals surface area contributed by atoms with Crippen molar-refractivity contribution in [3.63, 3.8) is 0 Å². The van der Waals surface area contributed by atoms with Crippen LogP contribution in [0.5, 0.6) is 0 Å². The van der Waals surface area contributed by atoms with Gasteiger partial charge in [-0.15, -0.1) is 0 Å². The Hall–Kier alpha value is -2.66. The van der Waals surface area contributed by atoms with Gasteiger partial charge in [-0.05, 0) is 75.4 Å². The minimum Gasteiger partial charge on any atom is -0.351 e. The zero-order chi connectivity index (χ0) is 24.0. The van der Waals surface area contributed by atoms with Gasteiger partial charge in [-0.25, -0.2) is 0 Å². The number of nitrogens with zero attached hydrogens (tertiary/aromatic N) is 2. The number of nitrogens with one attached hydrogen (secondary N) is 1. The quantitative estimate of drug-likeness (QED) is 0.644. The van der Waals surface area contributed by atoms with E-state index in [1.165, 1.54) is 16.7 Å². The molecule has 33 heavy (non-hydrogen) atoms. The van der Waals surface area contributed by atoms with Gasteiger partial charge in [0.05, 0.1) is 0 Å². The van der Waals surface area contributed by atoms with Crippen LogP contribution in [0.3, 0.4) is 0 Å². The highest BCUT2D eigenvalue weighted by atomic mass is 16.2. The van der Waals surface area contributed by atoms with Crippen molar-refractivity contribution in [3.8, 4) is 0 Å². The number of carbonyl (C=O) groups is 2.